The Morgan fingerprint density at radius 1 is 1.28 bits per heavy atom. The standard InChI is InChI=1S/C12H19F2NO3/c1-10(2,3)18-9(16)15-6-4-11(8-17-11)12(13,14)5-7-15/h4-8H2,1-3H3. The molecule has 6 heteroatoms. The second kappa shape index (κ2) is 4.05. The maximum Gasteiger partial charge on any atom is 0.410 e. The first-order chi connectivity index (χ1) is 8.15. The number of ether oxygens (including phenoxy) is 2. The Morgan fingerprint density at radius 3 is 2.33 bits per heavy atom. The van der Waals surface area contributed by atoms with Gasteiger partial charge in [0.15, 0.2) is 5.60 Å². The number of likely N-dealkylation sites (tertiary alicyclic amines) is 1. The minimum Gasteiger partial charge on any atom is -0.444 e. The normalized spacial score (nSPS) is 31.1. The van der Waals surface area contributed by atoms with E-state index in [0.717, 1.165) is 0 Å². The van der Waals surface area contributed by atoms with E-state index in [1.807, 2.05) is 0 Å². The fraction of sp³-hybridized carbons (Fsp3) is 0.917. The molecule has 1 amide bonds. The van der Waals surface area contributed by atoms with E-state index in [1.165, 1.54) is 4.90 Å². The number of carbonyl (C=O) groups excluding carboxylic acids is 1. The Balaban J connectivity index is 1.99. The highest BCUT2D eigenvalue weighted by Gasteiger charge is 2.64. The minimum absolute atomic E-state index is 0.00697. The highest BCUT2D eigenvalue weighted by molar-refractivity contribution is 5.68. The Kier molecular flexibility index (Phi) is 3.04. The van der Waals surface area contributed by atoms with Crippen molar-refractivity contribution in [3.8, 4) is 0 Å². The smallest absolute Gasteiger partial charge is 0.410 e. The molecule has 4 nitrogen and oxygen atoms in total. The van der Waals surface area contributed by atoms with Crippen LogP contribution < -0.4 is 0 Å². The van der Waals surface area contributed by atoms with E-state index in [-0.39, 0.29) is 32.5 Å². The molecule has 104 valence electrons. The summed E-state index contributed by atoms with van der Waals surface area (Å²) in [6.07, 6.45) is -0.734. The van der Waals surface area contributed by atoms with Crippen molar-refractivity contribution in [2.45, 2.75) is 50.7 Å². The predicted molar refractivity (Wildman–Crippen MR) is 60.7 cm³/mol. The molecule has 2 heterocycles. The lowest BCUT2D eigenvalue weighted by Crippen LogP contribution is -2.37. The maximum atomic E-state index is 13.8. The van der Waals surface area contributed by atoms with E-state index in [4.69, 9.17) is 9.47 Å². The summed E-state index contributed by atoms with van der Waals surface area (Å²) in [5.74, 6) is -2.86. The average molecular weight is 263 g/mol. The molecular weight excluding hydrogens is 244 g/mol. The number of hydrogen-bond donors (Lipinski definition) is 0. The van der Waals surface area contributed by atoms with Crippen LogP contribution in [0, 0.1) is 0 Å². The van der Waals surface area contributed by atoms with Crippen LogP contribution in [0.25, 0.3) is 0 Å². The molecule has 0 saturated carbocycles. The summed E-state index contributed by atoms with van der Waals surface area (Å²) < 4.78 is 37.7. The van der Waals surface area contributed by atoms with Crippen molar-refractivity contribution >= 4 is 6.09 Å². The number of alkyl halides is 2. The van der Waals surface area contributed by atoms with E-state index in [0.29, 0.717) is 0 Å². The number of rotatable bonds is 0. The van der Waals surface area contributed by atoms with Crippen LogP contribution in [0.5, 0.6) is 0 Å². The molecule has 2 rings (SSSR count). The average Bonchev–Trinajstić information content (AvgIpc) is 2.96. The van der Waals surface area contributed by atoms with Gasteiger partial charge in [0.1, 0.15) is 5.60 Å². The molecule has 0 aromatic carbocycles. The third-order valence-electron chi connectivity index (χ3n) is 3.29. The van der Waals surface area contributed by atoms with Gasteiger partial charge in [0.05, 0.1) is 6.61 Å². The van der Waals surface area contributed by atoms with Crippen LogP contribution in [0.4, 0.5) is 13.6 Å². The molecule has 2 fully saturated rings. The van der Waals surface area contributed by atoms with Gasteiger partial charge in [-0.3, -0.25) is 0 Å². The van der Waals surface area contributed by atoms with Crippen molar-refractivity contribution in [3.63, 3.8) is 0 Å². The van der Waals surface area contributed by atoms with Gasteiger partial charge >= 0.3 is 6.09 Å². The third-order valence-corrected chi connectivity index (χ3v) is 3.29. The predicted octanol–water partition coefficient (Wildman–Crippen LogP) is 2.42. The number of epoxide rings is 1. The van der Waals surface area contributed by atoms with Gasteiger partial charge in [0, 0.05) is 25.9 Å². The molecular formula is C12H19F2NO3. The molecule has 1 unspecified atom stereocenters. The Morgan fingerprint density at radius 2 is 1.83 bits per heavy atom. The van der Waals surface area contributed by atoms with Crippen molar-refractivity contribution in [2.75, 3.05) is 19.7 Å². The molecule has 0 N–H and O–H groups in total. The van der Waals surface area contributed by atoms with E-state index in [9.17, 15) is 13.6 Å². The van der Waals surface area contributed by atoms with Crippen LogP contribution >= 0.6 is 0 Å². The number of hydrogen-bond acceptors (Lipinski definition) is 3. The van der Waals surface area contributed by atoms with Crippen molar-refractivity contribution < 1.29 is 23.0 Å². The first-order valence-electron chi connectivity index (χ1n) is 6.15. The summed E-state index contributed by atoms with van der Waals surface area (Å²) in [5.41, 5.74) is -1.94. The fourth-order valence-corrected chi connectivity index (χ4v) is 2.07. The van der Waals surface area contributed by atoms with Gasteiger partial charge < -0.3 is 14.4 Å². The van der Waals surface area contributed by atoms with E-state index >= 15 is 0 Å². The molecule has 0 aromatic rings. The first kappa shape index (κ1) is 13.5. The lowest BCUT2D eigenvalue weighted by atomic mass is 9.97. The zero-order valence-corrected chi connectivity index (χ0v) is 11.0. The zero-order chi connectivity index (χ0) is 13.6. The monoisotopic (exact) mass is 263 g/mol. The quantitative estimate of drug-likeness (QED) is 0.630. The second-order valence-corrected chi connectivity index (χ2v) is 5.95. The van der Waals surface area contributed by atoms with Crippen LogP contribution in [0.1, 0.15) is 33.6 Å². The Hall–Kier alpha value is -0.910. The summed E-state index contributed by atoms with van der Waals surface area (Å²) in [6.45, 7) is 5.61. The SMILES string of the molecule is CC(C)(C)OC(=O)N1CCC(F)(F)C2(CC1)CO2. The summed E-state index contributed by atoms with van der Waals surface area (Å²) >= 11 is 0. The number of halogens is 2. The van der Waals surface area contributed by atoms with Gasteiger partial charge in [-0.2, -0.15) is 0 Å². The van der Waals surface area contributed by atoms with Crippen molar-refractivity contribution in [3.05, 3.63) is 0 Å². The second-order valence-electron chi connectivity index (χ2n) is 5.95. The number of carbonyl (C=O) groups is 1. The van der Waals surface area contributed by atoms with Crippen LogP contribution in [-0.2, 0) is 9.47 Å². The van der Waals surface area contributed by atoms with Crippen LogP contribution in [0.3, 0.4) is 0 Å². The highest BCUT2D eigenvalue weighted by atomic mass is 19.3. The first-order valence-corrected chi connectivity index (χ1v) is 6.15. The van der Waals surface area contributed by atoms with Crippen molar-refractivity contribution in [2.24, 2.45) is 0 Å². The fourth-order valence-electron chi connectivity index (χ4n) is 2.07. The highest BCUT2D eigenvalue weighted by Crippen LogP contribution is 2.48. The van der Waals surface area contributed by atoms with Gasteiger partial charge in [0.2, 0.25) is 0 Å². The zero-order valence-electron chi connectivity index (χ0n) is 11.0. The molecule has 0 aliphatic carbocycles. The summed E-state index contributed by atoms with van der Waals surface area (Å²) in [6, 6.07) is 0. The molecule has 0 radical (unpaired) electrons. The van der Waals surface area contributed by atoms with Gasteiger partial charge in [0.25, 0.3) is 5.92 Å². The third kappa shape index (κ3) is 2.58. The molecule has 0 aromatic heterocycles. The molecule has 0 bridgehead atoms. The van der Waals surface area contributed by atoms with Crippen LogP contribution in [0.2, 0.25) is 0 Å². The van der Waals surface area contributed by atoms with Gasteiger partial charge in [-0.25, -0.2) is 13.6 Å². The number of nitrogens with zero attached hydrogens (tertiary/aromatic N) is 1. The van der Waals surface area contributed by atoms with Crippen molar-refractivity contribution in [1.82, 2.24) is 4.90 Å². The van der Waals surface area contributed by atoms with Crippen LogP contribution in [0.15, 0.2) is 0 Å². The van der Waals surface area contributed by atoms with E-state index < -0.39 is 23.2 Å². The Labute approximate surface area is 105 Å². The van der Waals surface area contributed by atoms with Gasteiger partial charge in [-0.1, -0.05) is 0 Å². The molecule has 1 atom stereocenters. The molecule has 2 aliphatic heterocycles. The molecule has 2 saturated heterocycles. The van der Waals surface area contributed by atoms with Gasteiger partial charge in [-0.15, -0.1) is 0 Å². The Bertz CT molecular complexity index is 340. The topological polar surface area (TPSA) is 42.1 Å². The molecule has 2 aliphatic rings. The number of amides is 1. The minimum atomic E-state index is -2.86. The van der Waals surface area contributed by atoms with E-state index in [2.05, 4.69) is 0 Å². The summed E-state index contributed by atoms with van der Waals surface area (Å²) in [4.78, 5) is 13.2. The van der Waals surface area contributed by atoms with Crippen LogP contribution in [-0.4, -0.2) is 47.8 Å². The maximum absolute atomic E-state index is 13.8. The van der Waals surface area contributed by atoms with Gasteiger partial charge in [-0.05, 0) is 20.8 Å². The van der Waals surface area contributed by atoms with Crippen molar-refractivity contribution in [1.29, 1.82) is 0 Å². The molecule has 1 spiro atoms. The lowest BCUT2D eigenvalue weighted by molar-refractivity contribution is -0.0772. The molecule has 18 heavy (non-hydrogen) atoms. The lowest BCUT2D eigenvalue weighted by Gasteiger charge is -2.26. The summed E-state index contributed by atoms with van der Waals surface area (Å²) in [5, 5.41) is 0. The largest absolute Gasteiger partial charge is 0.444 e. The summed E-state index contributed by atoms with van der Waals surface area (Å²) in [7, 11) is 0. The van der Waals surface area contributed by atoms with E-state index in [1.54, 1.807) is 20.8 Å².